The van der Waals surface area contributed by atoms with E-state index in [-0.39, 0.29) is 12.8 Å². The maximum Gasteiger partial charge on any atom is 0.335 e. The van der Waals surface area contributed by atoms with Crippen molar-refractivity contribution in [3.05, 3.63) is 31.5 Å². The zero-order valence-electron chi connectivity index (χ0n) is 12.4. The van der Waals surface area contributed by atoms with Crippen LogP contribution in [0.15, 0.2) is 29.4 Å². The Morgan fingerprint density at radius 2 is 1.46 bits per heavy atom. The molecule has 1 aromatic rings. The van der Waals surface area contributed by atoms with Crippen LogP contribution in [0.1, 0.15) is 25.9 Å². The van der Waals surface area contributed by atoms with Crippen molar-refractivity contribution in [2.75, 3.05) is 0 Å². The van der Waals surface area contributed by atoms with Crippen LogP contribution in [-0.2, 0) is 14.4 Å². The first-order chi connectivity index (χ1) is 11.4. The molecule has 1 rings (SSSR count). The van der Waals surface area contributed by atoms with Gasteiger partial charge in [-0.3, -0.25) is 9.97 Å². The molecule has 2 N–H and O–H groups in total. The maximum absolute atomic E-state index is 11.8. The topological polar surface area (TPSA) is 176 Å². The van der Waals surface area contributed by atoms with Gasteiger partial charge in [0.25, 0.3) is 0 Å². The van der Waals surface area contributed by atoms with E-state index >= 15 is 0 Å². The van der Waals surface area contributed by atoms with Gasteiger partial charge in [0, 0.05) is 6.42 Å². The van der Waals surface area contributed by atoms with Crippen LogP contribution in [0.3, 0.4) is 0 Å². The third kappa shape index (κ3) is 5.08. The van der Waals surface area contributed by atoms with Gasteiger partial charge in [0.05, 0.1) is 12.1 Å². The Hall–Kier alpha value is -3.45. The van der Waals surface area contributed by atoms with Gasteiger partial charge in [-0.05, 0) is 13.3 Å². The molecule has 0 aliphatic carbocycles. The lowest BCUT2D eigenvalue weighted by molar-refractivity contribution is 0.380. The van der Waals surface area contributed by atoms with Gasteiger partial charge < -0.3 is 0 Å². The summed E-state index contributed by atoms with van der Waals surface area (Å²) in [6.07, 6.45) is 2.34. The van der Waals surface area contributed by atoms with Gasteiger partial charge in [-0.25, -0.2) is 43.3 Å². The zero-order valence-corrected chi connectivity index (χ0v) is 12.4. The van der Waals surface area contributed by atoms with Crippen LogP contribution < -0.4 is 17.1 Å². The monoisotopic (exact) mass is 336 g/mol. The smallest absolute Gasteiger partial charge is 0.259 e. The zero-order chi connectivity index (χ0) is 18.1. The van der Waals surface area contributed by atoms with Gasteiger partial charge >= 0.3 is 17.1 Å². The van der Waals surface area contributed by atoms with E-state index in [9.17, 15) is 28.8 Å². The molecule has 1 aromatic heterocycles. The largest absolute Gasteiger partial charge is 0.335 e. The molecule has 3 atom stereocenters. The standard InChI is InChI=1S/C12H12N6O6/c1-7(13-4-19)2-8(14-5-20)3-9(15-6-21)18-11(23)16-10(22)17-12(18)24/h7-9H,2-3H2,1H3,(H2,16,17,22,23,24). The first kappa shape index (κ1) is 18.6. The average Bonchev–Trinajstić information content (AvgIpc) is 2.46. The molecule has 12 heteroatoms. The Bertz CT molecular complexity index is 859. The highest BCUT2D eigenvalue weighted by Crippen LogP contribution is 2.18. The van der Waals surface area contributed by atoms with E-state index in [1.54, 1.807) is 6.92 Å². The minimum absolute atomic E-state index is 0.0748. The number of isocyanates is 3. The molecule has 1 heterocycles. The summed E-state index contributed by atoms with van der Waals surface area (Å²) >= 11 is 0. The lowest BCUT2D eigenvalue weighted by Crippen LogP contribution is -2.45. The number of hydrogen-bond donors (Lipinski definition) is 2. The number of aromatic amines is 2. The van der Waals surface area contributed by atoms with Crippen molar-refractivity contribution in [3.8, 4) is 0 Å². The molecule has 0 saturated carbocycles. The Kier molecular flexibility index (Phi) is 6.87. The van der Waals surface area contributed by atoms with Crippen molar-refractivity contribution in [1.29, 1.82) is 0 Å². The average molecular weight is 336 g/mol. The van der Waals surface area contributed by atoms with Crippen LogP contribution in [0, 0.1) is 0 Å². The normalized spacial score (nSPS) is 13.5. The van der Waals surface area contributed by atoms with E-state index in [4.69, 9.17) is 0 Å². The van der Waals surface area contributed by atoms with Gasteiger partial charge in [-0.1, -0.05) is 0 Å². The SMILES string of the molecule is CC(CC(CC(N=C=O)n1c(=O)[nH]c(=O)[nH]c1=O)N=C=O)N=C=O. The molecule has 12 nitrogen and oxygen atoms in total. The minimum Gasteiger partial charge on any atom is -0.259 e. The van der Waals surface area contributed by atoms with Crippen molar-refractivity contribution < 1.29 is 14.4 Å². The van der Waals surface area contributed by atoms with Crippen LogP contribution in [0.5, 0.6) is 0 Å². The van der Waals surface area contributed by atoms with E-state index < -0.39 is 35.3 Å². The molecule has 0 amide bonds. The second-order valence-electron chi connectivity index (χ2n) is 4.68. The molecule has 126 valence electrons. The third-order valence-electron chi connectivity index (χ3n) is 2.98. The fraction of sp³-hybridized carbons (Fsp3) is 0.500. The number of H-pyrrole nitrogens is 2. The van der Waals surface area contributed by atoms with Crippen molar-refractivity contribution in [1.82, 2.24) is 14.5 Å². The van der Waals surface area contributed by atoms with Gasteiger partial charge in [-0.15, -0.1) is 0 Å². The molecule has 3 unspecified atom stereocenters. The molecule has 0 radical (unpaired) electrons. The Balaban J connectivity index is 3.25. The Morgan fingerprint density at radius 1 is 0.917 bits per heavy atom. The number of aromatic nitrogens is 3. The number of hydrogen-bond acceptors (Lipinski definition) is 9. The van der Waals surface area contributed by atoms with Crippen molar-refractivity contribution in [3.63, 3.8) is 0 Å². The van der Waals surface area contributed by atoms with Crippen LogP contribution >= 0.6 is 0 Å². The van der Waals surface area contributed by atoms with E-state index in [1.807, 2.05) is 9.97 Å². The first-order valence-electron chi connectivity index (χ1n) is 6.59. The van der Waals surface area contributed by atoms with E-state index in [1.165, 1.54) is 18.2 Å². The lowest BCUT2D eigenvalue weighted by Gasteiger charge is -2.17. The minimum atomic E-state index is -1.37. The summed E-state index contributed by atoms with van der Waals surface area (Å²) in [6, 6.07) is -1.41. The second-order valence-corrected chi connectivity index (χ2v) is 4.68. The Labute approximate surface area is 132 Å². The molecular weight excluding hydrogens is 324 g/mol. The Morgan fingerprint density at radius 3 is 1.96 bits per heavy atom. The van der Waals surface area contributed by atoms with Crippen molar-refractivity contribution in [2.24, 2.45) is 15.0 Å². The van der Waals surface area contributed by atoms with E-state index in [2.05, 4.69) is 15.0 Å². The molecule has 0 aliphatic heterocycles. The lowest BCUT2D eigenvalue weighted by atomic mass is 10.0. The summed E-state index contributed by atoms with van der Waals surface area (Å²) < 4.78 is 0.479. The van der Waals surface area contributed by atoms with Crippen LogP contribution in [0.4, 0.5) is 0 Å². The van der Waals surface area contributed by atoms with Gasteiger partial charge in [0.1, 0.15) is 6.17 Å². The molecule has 0 saturated heterocycles. The molecular formula is C12H12N6O6. The number of nitrogens with zero attached hydrogens (tertiary/aromatic N) is 4. The molecule has 0 spiro atoms. The number of carbonyl (C=O) groups excluding carboxylic acids is 3. The summed E-state index contributed by atoms with van der Waals surface area (Å²) in [5.74, 6) is 0. The van der Waals surface area contributed by atoms with Crippen LogP contribution in [0.25, 0.3) is 0 Å². The van der Waals surface area contributed by atoms with Crippen molar-refractivity contribution >= 4 is 18.2 Å². The fourth-order valence-corrected chi connectivity index (χ4v) is 2.04. The highest BCUT2D eigenvalue weighted by Gasteiger charge is 2.22. The van der Waals surface area contributed by atoms with E-state index in [0.29, 0.717) is 4.57 Å². The third-order valence-corrected chi connectivity index (χ3v) is 2.98. The predicted octanol–water partition coefficient (Wildman–Crippen LogP) is -1.73. The number of aliphatic imine (C=N–C) groups is 3. The van der Waals surface area contributed by atoms with Crippen LogP contribution in [-0.4, -0.2) is 44.9 Å². The van der Waals surface area contributed by atoms with Gasteiger partial charge in [0.15, 0.2) is 0 Å². The summed E-state index contributed by atoms with van der Waals surface area (Å²) in [7, 11) is 0. The number of rotatable bonds is 8. The van der Waals surface area contributed by atoms with Gasteiger partial charge in [-0.2, -0.15) is 4.99 Å². The quantitative estimate of drug-likeness (QED) is 0.421. The molecule has 0 fully saturated rings. The first-order valence-corrected chi connectivity index (χ1v) is 6.59. The summed E-state index contributed by atoms with van der Waals surface area (Å²) in [6.45, 7) is 1.55. The molecule has 0 bridgehead atoms. The highest BCUT2D eigenvalue weighted by molar-refractivity contribution is 5.35. The summed E-state index contributed by atoms with van der Waals surface area (Å²) in [5, 5.41) is 0. The number of nitrogens with one attached hydrogen (secondary N) is 2. The highest BCUT2D eigenvalue weighted by atomic mass is 16.2. The molecule has 24 heavy (non-hydrogen) atoms. The van der Waals surface area contributed by atoms with Gasteiger partial charge in [0.2, 0.25) is 18.2 Å². The van der Waals surface area contributed by atoms with Crippen molar-refractivity contribution in [2.45, 2.75) is 38.0 Å². The fourth-order valence-electron chi connectivity index (χ4n) is 2.04. The summed E-state index contributed by atoms with van der Waals surface area (Å²) in [5.41, 5.74) is -3.22. The molecule has 0 aromatic carbocycles. The van der Waals surface area contributed by atoms with E-state index in [0.717, 1.165) is 0 Å². The summed E-state index contributed by atoms with van der Waals surface area (Å²) in [4.78, 5) is 79.8. The predicted molar refractivity (Wildman–Crippen MR) is 77.8 cm³/mol. The molecule has 0 aliphatic rings. The second kappa shape index (κ2) is 8.86. The van der Waals surface area contributed by atoms with Crippen LogP contribution in [0.2, 0.25) is 0 Å². The maximum atomic E-state index is 11.8.